The maximum atomic E-state index is 11.7. The minimum atomic E-state index is 0.0777. The van der Waals surface area contributed by atoms with Crippen molar-refractivity contribution >= 4 is 5.91 Å². The van der Waals surface area contributed by atoms with E-state index in [4.69, 9.17) is 0 Å². The van der Waals surface area contributed by atoms with E-state index in [9.17, 15) is 4.79 Å². The van der Waals surface area contributed by atoms with Crippen molar-refractivity contribution in [1.29, 1.82) is 0 Å². The third-order valence-corrected chi connectivity index (χ3v) is 4.65. The van der Waals surface area contributed by atoms with E-state index >= 15 is 0 Å². The van der Waals surface area contributed by atoms with Crippen LogP contribution >= 0.6 is 0 Å². The molecule has 0 bridgehead atoms. The third kappa shape index (κ3) is 3.41. The number of carbonyl (C=O) groups is 1. The molecule has 0 atom stereocenters. The van der Waals surface area contributed by atoms with E-state index in [1.54, 1.807) is 0 Å². The highest BCUT2D eigenvalue weighted by Crippen LogP contribution is 2.43. The first-order chi connectivity index (χ1) is 9.53. The molecule has 0 spiro atoms. The Bertz CT molecular complexity index is 441. The van der Waals surface area contributed by atoms with Gasteiger partial charge in [0.1, 0.15) is 0 Å². The molecule has 0 radical (unpaired) electrons. The van der Waals surface area contributed by atoms with Crippen molar-refractivity contribution in [1.82, 2.24) is 5.32 Å². The highest BCUT2D eigenvalue weighted by molar-refractivity contribution is 5.77. The SMILES string of the molecule is Cc1ccc(C2(CCNC(=O)C(C)C)CCCC2)cc1. The summed E-state index contributed by atoms with van der Waals surface area (Å²) in [6.07, 6.45) is 6.20. The lowest BCUT2D eigenvalue weighted by atomic mass is 9.76. The van der Waals surface area contributed by atoms with Crippen molar-refractivity contribution in [3.8, 4) is 0 Å². The Kier molecular flexibility index (Phi) is 4.85. The molecule has 2 rings (SSSR count). The second kappa shape index (κ2) is 6.43. The van der Waals surface area contributed by atoms with Gasteiger partial charge in [-0.05, 0) is 37.2 Å². The summed E-state index contributed by atoms with van der Waals surface area (Å²) < 4.78 is 0. The second-order valence-electron chi connectivity index (χ2n) is 6.55. The van der Waals surface area contributed by atoms with Gasteiger partial charge in [0.2, 0.25) is 5.91 Å². The molecule has 0 saturated heterocycles. The van der Waals surface area contributed by atoms with Crippen molar-refractivity contribution in [3.05, 3.63) is 35.4 Å². The number of nitrogens with one attached hydrogen (secondary N) is 1. The smallest absolute Gasteiger partial charge is 0.222 e. The second-order valence-corrected chi connectivity index (χ2v) is 6.55. The quantitative estimate of drug-likeness (QED) is 0.864. The van der Waals surface area contributed by atoms with Crippen molar-refractivity contribution in [2.75, 3.05) is 6.54 Å². The van der Waals surface area contributed by atoms with Gasteiger partial charge >= 0.3 is 0 Å². The van der Waals surface area contributed by atoms with Crippen LogP contribution in [0.15, 0.2) is 24.3 Å². The molecule has 2 nitrogen and oxygen atoms in total. The first kappa shape index (κ1) is 15.1. The van der Waals surface area contributed by atoms with E-state index in [-0.39, 0.29) is 17.2 Å². The van der Waals surface area contributed by atoms with Gasteiger partial charge in [-0.2, -0.15) is 0 Å². The van der Waals surface area contributed by atoms with Crippen LogP contribution in [0, 0.1) is 12.8 Å². The highest BCUT2D eigenvalue weighted by atomic mass is 16.1. The Balaban J connectivity index is 2.03. The molecule has 0 heterocycles. The van der Waals surface area contributed by atoms with Crippen LogP contribution in [0.5, 0.6) is 0 Å². The number of carbonyl (C=O) groups excluding carboxylic acids is 1. The van der Waals surface area contributed by atoms with E-state index in [2.05, 4.69) is 36.5 Å². The van der Waals surface area contributed by atoms with Crippen LogP contribution in [-0.2, 0) is 10.2 Å². The number of hydrogen-bond donors (Lipinski definition) is 1. The number of aryl methyl sites for hydroxylation is 1. The molecule has 1 amide bonds. The molecule has 1 aromatic carbocycles. The fourth-order valence-corrected chi connectivity index (χ4v) is 3.27. The van der Waals surface area contributed by atoms with Crippen molar-refractivity contribution < 1.29 is 4.79 Å². The number of hydrogen-bond acceptors (Lipinski definition) is 1. The number of benzene rings is 1. The molecule has 1 fully saturated rings. The fraction of sp³-hybridized carbons (Fsp3) is 0.611. The maximum absolute atomic E-state index is 11.7. The molecule has 1 aromatic rings. The zero-order valence-corrected chi connectivity index (χ0v) is 13.0. The van der Waals surface area contributed by atoms with Gasteiger partial charge in [0, 0.05) is 12.5 Å². The van der Waals surface area contributed by atoms with Gasteiger partial charge in [0.15, 0.2) is 0 Å². The third-order valence-electron chi connectivity index (χ3n) is 4.65. The molecule has 20 heavy (non-hydrogen) atoms. The van der Waals surface area contributed by atoms with Crippen LogP contribution in [0.1, 0.15) is 57.1 Å². The van der Waals surface area contributed by atoms with E-state index in [1.165, 1.54) is 36.8 Å². The van der Waals surface area contributed by atoms with Crippen LogP contribution in [0.25, 0.3) is 0 Å². The normalized spacial score (nSPS) is 17.4. The molecule has 1 saturated carbocycles. The van der Waals surface area contributed by atoms with Crippen LogP contribution in [0.3, 0.4) is 0 Å². The highest BCUT2D eigenvalue weighted by Gasteiger charge is 2.35. The molecule has 0 unspecified atom stereocenters. The summed E-state index contributed by atoms with van der Waals surface area (Å²) in [7, 11) is 0. The molecule has 1 aliphatic carbocycles. The Hall–Kier alpha value is -1.31. The van der Waals surface area contributed by atoms with Gasteiger partial charge < -0.3 is 5.32 Å². The summed E-state index contributed by atoms with van der Waals surface area (Å²) >= 11 is 0. The molecule has 0 aliphatic heterocycles. The Labute approximate surface area is 123 Å². The van der Waals surface area contributed by atoms with Crippen LogP contribution < -0.4 is 5.32 Å². The number of amides is 1. The molecule has 110 valence electrons. The summed E-state index contributed by atoms with van der Waals surface area (Å²) in [6.45, 7) is 6.82. The summed E-state index contributed by atoms with van der Waals surface area (Å²) in [6, 6.07) is 8.99. The molecule has 2 heteroatoms. The minimum absolute atomic E-state index is 0.0777. The molecule has 1 aliphatic rings. The van der Waals surface area contributed by atoms with E-state index in [0.29, 0.717) is 0 Å². The van der Waals surface area contributed by atoms with E-state index in [0.717, 1.165) is 13.0 Å². The first-order valence-electron chi connectivity index (χ1n) is 7.88. The van der Waals surface area contributed by atoms with Gasteiger partial charge in [-0.1, -0.05) is 56.5 Å². The lowest BCUT2D eigenvalue weighted by Gasteiger charge is -2.30. The molecule has 0 aromatic heterocycles. The summed E-state index contributed by atoms with van der Waals surface area (Å²) in [5.41, 5.74) is 3.06. The van der Waals surface area contributed by atoms with Gasteiger partial charge in [-0.3, -0.25) is 4.79 Å². The predicted octanol–water partition coefficient (Wildman–Crippen LogP) is 3.97. The van der Waals surface area contributed by atoms with Crippen molar-refractivity contribution in [2.45, 2.75) is 58.3 Å². The predicted molar refractivity (Wildman–Crippen MR) is 83.8 cm³/mol. The molecular formula is C18H27NO. The topological polar surface area (TPSA) is 29.1 Å². The van der Waals surface area contributed by atoms with Gasteiger partial charge in [0.25, 0.3) is 0 Å². The van der Waals surface area contributed by atoms with Crippen LogP contribution in [0.4, 0.5) is 0 Å². The van der Waals surface area contributed by atoms with Crippen molar-refractivity contribution in [2.24, 2.45) is 5.92 Å². The van der Waals surface area contributed by atoms with Crippen molar-refractivity contribution in [3.63, 3.8) is 0 Å². The fourth-order valence-electron chi connectivity index (χ4n) is 3.27. The van der Waals surface area contributed by atoms with Crippen LogP contribution in [0.2, 0.25) is 0 Å². The largest absolute Gasteiger partial charge is 0.356 e. The summed E-state index contributed by atoms with van der Waals surface area (Å²) in [5.74, 6) is 0.246. The molecular weight excluding hydrogens is 246 g/mol. The minimum Gasteiger partial charge on any atom is -0.356 e. The molecule has 1 N–H and O–H groups in total. The maximum Gasteiger partial charge on any atom is 0.222 e. The summed E-state index contributed by atoms with van der Waals surface area (Å²) in [5, 5.41) is 3.08. The van der Waals surface area contributed by atoms with Gasteiger partial charge in [-0.25, -0.2) is 0 Å². The lowest BCUT2D eigenvalue weighted by Crippen LogP contribution is -2.33. The Morgan fingerprint density at radius 2 is 1.80 bits per heavy atom. The summed E-state index contributed by atoms with van der Waals surface area (Å²) in [4.78, 5) is 11.7. The zero-order chi connectivity index (χ0) is 14.6. The number of rotatable bonds is 5. The Morgan fingerprint density at radius 3 is 2.35 bits per heavy atom. The Morgan fingerprint density at radius 1 is 1.20 bits per heavy atom. The average molecular weight is 273 g/mol. The van der Waals surface area contributed by atoms with E-state index in [1.807, 2.05) is 13.8 Å². The van der Waals surface area contributed by atoms with Gasteiger partial charge in [-0.15, -0.1) is 0 Å². The van der Waals surface area contributed by atoms with Gasteiger partial charge in [0.05, 0.1) is 0 Å². The van der Waals surface area contributed by atoms with Crippen LogP contribution in [-0.4, -0.2) is 12.5 Å². The first-order valence-corrected chi connectivity index (χ1v) is 7.88. The monoisotopic (exact) mass is 273 g/mol. The standard InChI is InChI=1S/C18H27NO/c1-14(2)17(20)19-13-12-18(10-4-5-11-18)16-8-6-15(3)7-9-16/h6-9,14H,4-5,10-13H2,1-3H3,(H,19,20). The average Bonchev–Trinajstić information content (AvgIpc) is 2.89. The van der Waals surface area contributed by atoms with E-state index < -0.39 is 0 Å². The lowest BCUT2D eigenvalue weighted by molar-refractivity contribution is -0.124. The zero-order valence-electron chi connectivity index (χ0n) is 13.0.